The molecular weight excluding hydrogens is 246 g/mol. The quantitative estimate of drug-likeness (QED) is 0.308. The summed E-state index contributed by atoms with van der Waals surface area (Å²) in [4.78, 5) is 31.9. The summed E-state index contributed by atoms with van der Waals surface area (Å²) in [6.07, 6.45) is 0. The first kappa shape index (κ1) is 16.1. The number of primary amides is 1. The van der Waals surface area contributed by atoms with E-state index < -0.39 is 30.1 Å². The summed E-state index contributed by atoms with van der Waals surface area (Å²) in [5.41, 5.74) is 2.78. The van der Waals surface area contributed by atoms with E-state index in [-0.39, 0.29) is 19.8 Å². The van der Waals surface area contributed by atoms with Gasteiger partial charge < -0.3 is 31.3 Å². The second kappa shape index (κ2) is 7.45. The molecule has 0 radical (unpaired) electrons. The Labute approximate surface area is 103 Å². The van der Waals surface area contributed by atoms with Crippen LogP contribution in [0.3, 0.4) is 0 Å². The van der Waals surface area contributed by atoms with Crippen molar-refractivity contribution in [3.8, 4) is 0 Å². The molecule has 1 unspecified atom stereocenters. The normalized spacial score (nSPS) is 13.4. The third-order valence-corrected chi connectivity index (χ3v) is 1.83. The van der Waals surface area contributed by atoms with Gasteiger partial charge in [0.25, 0.3) is 0 Å². The molecule has 0 heterocycles. The van der Waals surface area contributed by atoms with E-state index in [0.717, 1.165) is 6.92 Å². The Kier molecular flexibility index (Phi) is 6.68. The van der Waals surface area contributed by atoms with E-state index in [1.807, 2.05) is 0 Å². The zero-order valence-corrected chi connectivity index (χ0v) is 9.93. The van der Waals surface area contributed by atoms with Gasteiger partial charge in [-0.05, 0) is 6.92 Å². The second-order valence-corrected chi connectivity index (χ2v) is 3.71. The van der Waals surface area contributed by atoms with Crippen LogP contribution in [-0.4, -0.2) is 60.0 Å². The van der Waals surface area contributed by atoms with Crippen LogP contribution < -0.4 is 16.4 Å². The van der Waals surface area contributed by atoms with E-state index in [0.29, 0.717) is 0 Å². The van der Waals surface area contributed by atoms with Crippen LogP contribution in [0.1, 0.15) is 6.92 Å². The average Bonchev–Trinajstić information content (AvgIpc) is 2.25. The fraction of sp³-hybridized carbons (Fsp3) is 0.667. The summed E-state index contributed by atoms with van der Waals surface area (Å²) in [7, 11) is 0. The summed E-state index contributed by atoms with van der Waals surface area (Å²) in [5, 5.41) is 22.4. The monoisotopic (exact) mass is 263 g/mol. The summed E-state index contributed by atoms with van der Waals surface area (Å²) >= 11 is 0. The van der Waals surface area contributed by atoms with Gasteiger partial charge in [-0.15, -0.1) is 0 Å². The number of rotatable bonds is 8. The molecule has 0 bridgehead atoms. The van der Waals surface area contributed by atoms with Crippen LogP contribution in [-0.2, 0) is 14.3 Å². The summed E-state index contributed by atoms with van der Waals surface area (Å²) in [5.74, 6) is -2.05. The molecule has 0 rings (SSSR count). The summed E-state index contributed by atoms with van der Waals surface area (Å²) in [6, 6.07) is -0.654. The molecule has 0 aromatic carbocycles. The van der Waals surface area contributed by atoms with Crippen molar-refractivity contribution in [1.82, 2.24) is 10.6 Å². The van der Waals surface area contributed by atoms with Gasteiger partial charge in [-0.2, -0.15) is 0 Å². The van der Waals surface area contributed by atoms with Crippen LogP contribution in [0.15, 0.2) is 0 Å². The van der Waals surface area contributed by atoms with Crippen molar-refractivity contribution in [1.29, 1.82) is 0 Å². The molecule has 0 spiro atoms. The van der Waals surface area contributed by atoms with Crippen LogP contribution in [0.4, 0.5) is 4.79 Å². The molecule has 0 aliphatic heterocycles. The average molecular weight is 263 g/mol. The highest BCUT2D eigenvalue weighted by Crippen LogP contribution is 2.00. The number of nitrogens with one attached hydrogen (secondary N) is 2. The Morgan fingerprint density at radius 2 is 1.94 bits per heavy atom. The molecular formula is C9H17N3O6. The van der Waals surface area contributed by atoms with Crippen LogP contribution in [0.5, 0.6) is 0 Å². The SMILES string of the molecule is CC(O)(CNC(=O)NCCOCC(N)=O)C(=O)O. The fourth-order valence-corrected chi connectivity index (χ4v) is 0.800. The van der Waals surface area contributed by atoms with Gasteiger partial charge in [0, 0.05) is 6.54 Å². The van der Waals surface area contributed by atoms with E-state index >= 15 is 0 Å². The maximum atomic E-state index is 11.1. The first-order chi connectivity index (χ1) is 8.25. The molecule has 1 atom stereocenters. The minimum absolute atomic E-state index is 0.0890. The lowest BCUT2D eigenvalue weighted by Crippen LogP contribution is -2.49. The summed E-state index contributed by atoms with van der Waals surface area (Å²) in [6.45, 7) is 0.596. The van der Waals surface area contributed by atoms with Crippen molar-refractivity contribution in [3.63, 3.8) is 0 Å². The van der Waals surface area contributed by atoms with Crippen molar-refractivity contribution in [3.05, 3.63) is 0 Å². The number of hydrogen-bond donors (Lipinski definition) is 5. The number of amides is 3. The third kappa shape index (κ3) is 7.41. The lowest BCUT2D eigenvalue weighted by atomic mass is 10.1. The first-order valence-corrected chi connectivity index (χ1v) is 5.09. The third-order valence-electron chi connectivity index (χ3n) is 1.83. The minimum atomic E-state index is -2.03. The van der Waals surface area contributed by atoms with E-state index in [2.05, 4.69) is 10.6 Å². The predicted octanol–water partition coefficient (Wildman–Crippen LogP) is -2.38. The highest BCUT2D eigenvalue weighted by Gasteiger charge is 2.30. The number of carboxylic acids is 1. The predicted molar refractivity (Wildman–Crippen MR) is 59.7 cm³/mol. The molecule has 104 valence electrons. The van der Waals surface area contributed by atoms with Gasteiger partial charge in [0.05, 0.1) is 13.2 Å². The number of carboxylic acid groups (broad SMARTS) is 1. The number of carbonyl (C=O) groups is 3. The molecule has 6 N–H and O–H groups in total. The number of aliphatic carboxylic acids is 1. The van der Waals surface area contributed by atoms with Gasteiger partial charge in [0.1, 0.15) is 6.61 Å². The van der Waals surface area contributed by atoms with Gasteiger partial charge in [0.2, 0.25) is 5.91 Å². The van der Waals surface area contributed by atoms with Crippen molar-refractivity contribution in [2.75, 3.05) is 26.3 Å². The first-order valence-electron chi connectivity index (χ1n) is 5.09. The molecule has 0 fully saturated rings. The van der Waals surface area contributed by atoms with E-state index in [9.17, 15) is 19.5 Å². The number of urea groups is 1. The molecule has 9 heteroatoms. The molecule has 0 saturated heterocycles. The Morgan fingerprint density at radius 1 is 1.33 bits per heavy atom. The number of ether oxygens (including phenoxy) is 1. The standard InChI is InChI=1S/C9H17N3O6/c1-9(17,7(14)15)5-12-8(16)11-2-3-18-4-6(10)13/h17H,2-5H2,1H3,(H2,10,13)(H,14,15)(H2,11,12,16). The van der Waals surface area contributed by atoms with E-state index in [1.165, 1.54) is 0 Å². The largest absolute Gasteiger partial charge is 0.479 e. The van der Waals surface area contributed by atoms with Crippen molar-refractivity contribution in [2.24, 2.45) is 5.73 Å². The van der Waals surface area contributed by atoms with Gasteiger partial charge in [-0.3, -0.25) is 4.79 Å². The topological polar surface area (TPSA) is 151 Å². The molecule has 0 saturated carbocycles. The van der Waals surface area contributed by atoms with Crippen LogP contribution in [0, 0.1) is 0 Å². The van der Waals surface area contributed by atoms with Crippen molar-refractivity contribution >= 4 is 17.9 Å². The highest BCUT2D eigenvalue weighted by molar-refractivity contribution is 5.79. The molecule has 0 aromatic rings. The van der Waals surface area contributed by atoms with E-state index in [4.69, 9.17) is 15.6 Å². The number of hydrogen-bond acceptors (Lipinski definition) is 5. The van der Waals surface area contributed by atoms with Gasteiger partial charge in [-0.1, -0.05) is 0 Å². The lowest BCUT2D eigenvalue weighted by Gasteiger charge is -2.18. The van der Waals surface area contributed by atoms with Crippen LogP contribution in [0.25, 0.3) is 0 Å². The zero-order chi connectivity index (χ0) is 14.2. The maximum Gasteiger partial charge on any atom is 0.337 e. The fourth-order valence-electron chi connectivity index (χ4n) is 0.800. The Balaban J connectivity index is 3.67. The zero-order valence-electron chi connectivity index (χ0n) is 9.93. The number of aliphatic hydroxyl groups is 1. The van der Waals surface area contributed by atoms with Crippen LogP contribution >= 0.6 is 0 Å². The minimum Gasteiger partial charge on any atom is -0.479 e. The van der Waals surface area contributed by atoms with Gasteiger partial charge in [0.15, 0.2) is 5.60 Å². The van der Waals surface area contributed by atoms with Crippen molar-refractivity contribution < 1.29 is 29.3 Å². The van der Waals surface area contributed by atoms with Gasteiger partial charge in [-0.25, -0.2) is 9.59 Å². The lowest BCUT2D eigenvalue weighted by molar-refractivity contribution is -0.155. The molecule has 3 amide bonds. The number of carbonyl (C=O) groups excluding carboxylic acids is 2. The molecule has 0 aliphatic rings. The molecule has 18 heavy (non-hydrogen) atoms. The van der Waals surface area contributed by atoms with E-state index in [1.54, 1.807) is 0 Å². The Morgan fingerprint density at radius 3 is 2.44 bits per heavy atom. The second-order valence-electron chi connectivity index (χ2n) is 3.71. The maximum absolute atomic E-state index is 11.1. The number of nitrogens with two attached hydrogens (primary N) is 1. The van der Waals surface area contributed by atoms with Crippen molar-refractivity contribution in [2.45, 2.75) is 12.5 Å². The van der Waals surface area contributed by atoms with Crippen LogP contribution in [0.2, 0.25) is 0 Å². The molecule has 9 nitrogen and oxygen atoms in total. The Bertz CT molecular complexity index is 317. The smallest absolute Gasteiger partial charge is 0.337 e. The van der Waals surface area contributed by atoms with Gasteiger partial charge >= 0.3 is 12.0 Å². The molecule has 0 aliphatic carbocycles. The highest BCUT2D eigenvalue weighted by atomic mass is 16.5. The molecule has 0 aromatic heterocycles. The Hall–Kier alpha value is -1.87. The summed E-state index contributed by atoms with van der Waals surface area (Å²) < 4.78 is 4.77.